The summed E-state index contributed by atoms with van der Waals surface area (Å²) >= 11 is 0. The molecular formula is C32H45NO6. The minimum Gasteiger partial charge on any atom is -0.469 e. The molecule has 0 aromatic heterocycles. The van der Waals surface area contributed by atoms with Gasteiger partial charge in [0.1, 0.15) is 12.2 Å². The van der Waals surface area contributed by atoms with Crippen molar-refractivity contribution in [3.8, 4) is 6.07 Å². The standard InChI is InChI=1S/C32H45NO6/c1-26(2)11-13-31(25(37)39-8)14-12-29(6)22(18(31)16-26)19(34)15-21-28(29,5)10-9-20-27(3,4)23(35)32(38,17-33)24(36)30(20,21)7/h15,18,20,22,24,36,38H,9-14,16H2,1-8H3/t18-,20-,22-,24+,28+,29+,30-,31-,32-/m0/s1. The zero-order valence-corrected chi connectivity index (χ0v) is 24.8. The van der Waals surface area contributed by atoms with Gasteiger partial charge >= 0.3 is 5.97 Å². The lowest BCUT2D eigenvalue weighted by molar-refractivity contribution is -0.213. The number of allylic oxidation sites excluding steroid dienone is 1. The first-order valence-electron chi connectivity index (χ1n) is 14.5. The summed E-state index contributed by atoms with van der Waals surface area (Å²) in [6.45, 7) is 14.1. The highest BCUT2D eigenvalue weighted by molar-refractivity contribution is 5.99. The summed E-state index contributed by atoms with van der Waals surface area (Å²) < 4.78 is 5.38. The van der Waals surface area contributed by atoms with Crippen LogP contribution in [0.3, 0.4) is 0 Å². The van der Waals surface area contributed by atoms with E-state index in [1.165, 1.54) is 7.11 Å². The van der Waals surface area contributed by atoms with Crippen LogP contribution in [0, 0.1) is 61.6 Å². The highest BCUT2D eigenvalue weighted by Crippen LogP contribution is 2.75. The summed E-state index contributed by atoms with van der Waals surface area (Å²) in [5, 5.41) is 33.0. The fraction of sp³-hybridized carbons (Fsp3) is 0.812. The van der Waals surface area contributed by atoms with Crippen molar-refractivity contribution in [1.29, 1.82) is 5.26 Å². The van der Waals surface area contributed by atoms with Gasteiger partial charge in [-0.15, -0.1) is 0 Å². The van der Waals surface area contributed by atoms with E-state index in [1.807, 2.05) is 6.92 Å². The number of rotatable bonds is 1. The van der Waals surface area contributed by atoms with Gasteiger partial charge in [-0.2, -0.15) is 5.26 Å². The summed E-state index contributed by atoms with van der Waals surface area (Å²) in [6.07, 6.45) is 5.01. The van der Waals surface area contributed by atoms with Crippen LogP contribution in [0.1, 0.15) is 93.4 Å². The number of aliphatic hydroxyl groups is 2. The van der Waals surface area contributed by atoms with Crippen LogP contribution in [0.5, 0.6) is 0 Å². The zero-order valence-electron chi connectivity index (χ0n) is 24.8. The normalized spacial score (nSPS) is 49.8. The first-order valence-corrected chi connectivity index (χ1v) is 14.5. The Hall–Kier alpha value is -2.04. The minimum atomic E-state index is -2.56. The number of aliphatic hydroxyl groups excluding tert-OH is 1. The quantitative estimate of drug-likeness (QED) is 0.370. The smallest absolute Gasteiger partial charge is 0.312 e. The van der Waals surface area contributed by atoms with Gasteiger partial charge in [0.25, 0.3) is 0 Å². The van der Waals surface area contributed by atoms with Crippen LogP contribution < -0.4 is 0 Å². The molecule has 0 saturated heterocycles. The summed E-state index contributed by atoms with van der Waals surface area (Å²) in [6, 6.07) is 1.74. The molecule has 0 aromatic rings. The Bertz CT molecular complexity index is 1230. The number of hydrogen-bond acceptors (Lipinski definition) is 7. The third-order valence-corrected chi connectivity index (χ3v) is 13.1. The molecule has 7 heteroatoms. The zero-order chi connectivity index (χ0) is 29.2. The number of nitrogens with zero attached hydrogens (tertiary/aromatic N) is 1. The second-order valence-corrected chi connectivity index (χ2v) is 15.5. The Morgan fingerprint density at radius 1 is 1.03 bits per heavy atom. The molecule has 0 radical (unpaired) electrons. The van der Waals surface area contributed by atoms with Crippen molar-refractivity contribution in [3.05, 3.63) is 11.6 Å². The molecule has 0 aliphatic heterocycles. The number of carbonyl (C=O) groups is 3. The molecule has 7 nitrogen and oxygen atoms in total. The van der Waals surface area contributed by atoms with Crippen molar-refractivity contribution < 1.29 is 29.3 Å². The van der Waals surface area contributed by atoms with Crippen LogP contribution >= 0.6 is 0 Å². The van der Waals surface area contributed by atoms with Crippen LogP contribution in [0.2, 0.25) is 0 Å². The summed E-state index contributed by atoms with van der Waals surface area (Å²) in [4.78, 5) is 41.2. The molecule has 5 rings (SSSR count). The van der Waals surface area contributed by atoms with Crippen molar-refractivity contribution in [1.82, 2.24) is 0 Å². The number of methoxy groups -OCH3 is 1. The average molecular weight is 540 g/mol. The van der Waals surface area contributed by atoms with Gasteiger partial charge < -0.3 is 14.9 Å². The first-order chi connectivity index (χ1) is 17.8. The first kappa shape index (κ1) is 28.5. The maximum atomic E-state index is 14.4. The van der Waals surface area contributed by atoms with Gasteiger partial charge in [0.2, 0.25) is 5.60 Å². The largest absolute Gasteiger partial charge is 0.469 e. The molecule has 0 aromatic carbocycles. The molecule has 5 aliphatic rings. The molecule has 4 fully saturated rings. The van der Waals surface area contributed by atoms with Crippen LogP contribution in [-0.2, 0) is 19.1 Å². The molecule has 0 spiro atoms. The van der Waals surface area contributed by atoms with E-state index >= 15 is 0 Å². The average Bonchev–Trinajstić information content (AvgIpc) is 2.87. The van der Waals surface area contributed by atoms with E-state index in [4.69, 9.17) is 4.74 Å². The van der Waals surface area contributed by atoms with Gasteiger partial charge in [0.05, 0.1) is 12.5 Å². The Balaban J connectivity index is 1.72. The van der Waals surface area contributed by atoms with E-state index in [9.17, 15) is 29.9 Å². The van der Waals surface area contributed by atoms with Crippen molar-refractivity contribution in [3.63, 3.8) is 0 Å². The Morgan fingerprint density at radius 3 is 2.23 bits per heavy atom. The maximum absolute atomic E-state index is 14.4. The number of ketones is 2. The number of nitriles is 1. The van der Waals surface area contributed by atoms with E-state index in [2.05, 4.69) is 27.7 Å². The molecule has 214 valence electrons. The van der Waals surface area contributed by atoms with Crippen LogP contribution in [0.15, 0.2) is 11.6 Å². The van der Waals surface area contributed by atoms with Gasteiger partial charge in [-0.1, -0.05) is 54.0 Å². The van der Waals surface area contributed by atoms with Gasteiger partial charge in [0.15, 0.2) is 11.6 Å². The van der Waals surface area contributed by atoms with Crippen LogP contribution in [-0.4, -0.2) is 46.6 Å². The number of ether oxygens (including phenoxy) is 1. The van der Waals surface area contributed by atoms with Crippen LogP contribution in [0.25, 0.3) is 0 Å². The molecule has 0 unspecified atom stereocenters. The summed E-state index contributed by atoms with van der Waals surface area (Å²) in [5.41, 5.74) is -5.77. The highest BCUT2D eigenvalue weighted by atomic mass is 16.5. The molecule has 9 atom stereocenters. The molecule has 4 saturated carbocycles. The van der Waals surface area contributed by atoms with Crippen LogP contribution in [0.4, 0.5) is 0 Å². The fourth-order valence-electron chi connectivity index (χ4n) is 10.7. The van der Waals surface area contributed by atoms with E-state index in [0.29, 0.717) is 25.7 Å². The Kier molecular flexibility index (Phi) is 5.87. The Morgan fingerprint density at radius 2 is 1.64 bits per heavy atom. The molecule has 0 heterocycles. The highest BCUT2D eigenvalue weighted by Gasteiger charge is 2.75. The lowest BCUT2D eigenvalue weighted by Crippen LogP contribution is -2.73. The molecular weight excluding hydrogens is 494 g/mol. The van der Waals surface area contributed by atoms with Crippen molar-refractivity contribution in [2.24, 2.45) is 50.2 Å². The van der Waals surface area contributed by atoms with E-state index < -0.39 is 44.6 Å². The number of hydrogen-bond donors (Lipinski definition) is 2. The molecule has 0 amide bonds. The predicted octanol–water partition coefficient (Wildman–Crippen LogP) is 4.54. The Labute approximate surface area is 232 Å². The molecule has 2 N–H and O–H groups in total. The van der Waals surface area contributed by atoms with E-state index in [0.717, 1.165) is 24.8 Å². The minimum absolute atomic E-state index is 0.0114. The van der Waals surface area contributed by atoms with Gasteiger partial charge in [-0.3, -0.25) is 14.4 Å². The van der Waals surface area contributed by atoms with Gasteiger partial charge in [-0.05, 0) is 79.1 Å². The SMILES string of the molecule is COC(=O)[C@]12CCC(C)(C)C[C@H]1[C@H]1C(=O)C=C3[C@@]4(C)[C@@H](O)[C@](O)(C#N)C(=O)C(C)(C)[C@@H]4CC[C@@]3(C)[C@]1(C)CC2. The lowest BCUT2D eigenvalue weighted by atomic mass is 9.33. The summed E-state index contributed by atoms with van der Waals surface area (Å²) in [5.74, 6) is -1.82. The number of carbonyl (C=O) groups excluding carboxylic acids is 3. The number of fused-ring (bicyclic) bond motifs is 7. The fourth-order valence-corrected chi connectivity index (χ4v) is 10.7. The van der Waals surface area contributed by atoms with Gasteiger partial charge in [0, 0.05) is 16.7 Å². The lowest BCUT2D eigenvalue weighted by Gasteiger charge is -2.70. The predicted molar refractivity (Wildman–Crippen MR) is 144 cm³/mol. The third kappa shape index (κ3) is 3.14. The second-order valence-electron chi connectivity index (χ2n) is 15.5. The van der Waals surface area contributed by atoms with Crippen molar-refractivity contribution in [2.75, 3.05) is 7.11 Å². The third-order valence-electron chi connectivity index (χ3n) is 13.1. The van der Waals surface area contributed by atoms with Crippen molar-refractivity contribution in [2.45, 2.75) is 105 Å². The molecule has 39 heavy (non-hydrogen) atoms. The van der Waals surface area contributed by atoms with E-state index in [-0.39, 0.29) is 34.9 Å². The number of esters is 1. The number of Topliss-reactive ketones (excluding diaryl/α,β-unsaturated/α-hetero) is 1. The monoisotopic (exact) mass is 539 g/mol. The van der Waals surface area contributed by atoms with Crippen molar-refractivity contribution >= 4 is 17.5 Å². The summed E-state index contributed by atoms with van der Waals surface area (Å²) in [7, 11) is 1.44. The maximum Gasteiger partial charge on any atom is 0.312 e. The molecule has 5 aliphatic carbocycles. The topological polar surface area (TPSA) is 125 Å². The molecule has 0 bridgehead atoms. The second kappa shape index (κ2) is 8.03. The van der Waals surface area contributed by atoms with E-state index in [1.54, 1.807) is 26.0 Å². The van der Waals surface area contributed by atoms with Gasteiger partial charge in [-0.25, -0.2) is 0 Å².